The van der Waals surface area contributed by atoms with Crippen LogP contribution in [0, 0.1) is 6.92 Å². The Morgan fingerprint density at radius 3 is 2.67 bits per heavy atom. The largest absolute Gasteiger partial charge is 0.492 e. The molecule has 4 aromatic heterocycles. The summed E-state index contributed by atoms with van der Waals surface area (Å²) in [7, 11) is 0. The molecular weight excluding hydrogens is 416 g/mol. The van der Waals surface area contributed by atoms with Crippen molar-refractivity contribution >= 4 is 16.7 Å². The molecule has 0 saturated carbocycles. The van der Waals surface area contributed by atoms with E-state index in [2.05, 4.69) is 35.2 Å². The molecule has 33 heavy (non-hydrogen) atoms. The standard InChI is InChI=1S/C25H28N6O2/c1-16(2)31-24-20-14-19(29-23(24)17(3)30-31)18-8-6-11-27-25(18)33-13-5-4-12-32-22-9-7-10-26-21(22)15-28-20/h6-11,14,16,28H,4-5,12-13,15H2,1-3H3. The van der Waals surface area contributed by atoms with Crippen LogP contribution in [0.5, 0.6) is 11.6 Å². The van der Waals surface area contributed by atoms with E-state index in [1.807, 2.05) is 35.9 Å². The minimum atomic E-state index is 0.189. The number of nitrogens with one attached hydrogen (secondary N) is 1. The SMILES string of the molecule is Cc1nn(C(C)C)c2c3cc(nc12)-c1cccnc1OCCCCOc1cccnc1CN3. The molecule has 0 radical (unpaired) electrons. The second-order valence-electron chi connectivity index (χ2n) is 8.44. The summed E-state index contributed by atoms with van der Waals surface area (Å²) in [5, 5.41) is 8.37. The first-order valence-corrected chi connectivity index (χ1v) is 11.4. The molecule has 1 aliphatic heterocycles. The van der Waals surface area contributed by atoms with Crippen molar-refractivity contribution in [2.45, 2.75) is 46.2 Å². The normalized spacial score (nSPS) is 14.3. The number of anilines is 1. The molecule has 170 valence electrons. The summed E-state index contributed by atoms with van der Waals surface area (Å²) in [6.45, 7) is 7.93. The van der Waals surface area contributed by atoms with Crippen LogP contribution in [0.15, 0.2) is 42.7 Å². The molecule has 4 aromatic rings. The van der Waals surface area contributed by atoms with Gasteiger partial charge in [-0.25, -0.2) is 9.97 Å². The summed E-state index contributed by atoms with van der Waals surface area (Å²) in [5.74, 6) is 1.38. The zero-order valence-corrected chi connectivity index (χ0v) is 19.2. The van der Waals surface area contributed by atoms with Crippen molar-refractivity contribution in [1.29, 1.82) is 0 Å². The van der Waals surface area contributed by atoms with Gasteiger partial charge < -0.3 is 14.8 Å². The Balaban J connectivity index is 1.69. The molecule has 5 rings (SSSR count). The van der Waals surface area contributed by atoms with Crippen molar-refractivity contribution < 1.29 is 9.47 Å². The van der Waals surface area contributed by atoms with Gasteiger partial charge in [-0.15, -0.1) is 0 Å². The Bertz CT molecular complexity index is 1280. The monoisotopic (exact) mass is 444 g/mol. The Hall–Kier alpha value is -3.68. The predicted octanol–water partition coefficient (Wildman–Crippen LogP) is 4.94. The van der Waals surface area contributed by atoms with Crippen molar-refractivity contribution in [2.24, 2.45) is 0 Å². The topological polar surface area (TPSA) is 87.0 Å². The van der Waals surface area contributed by atoms with E-state index >= 15 is 0 Å². The zero-order chi connectivity index (χ0) is 22.8. The lowest BCUT2D eigenvalue weighted by molar-refractivity contribution is 0.260. The van der Waals surface area contributed by atoms with Crippen LogP contribution < -0.4 is 14.8 Å². The van der Waals surface area contributed by atoms with Crippen molar-refractivity contribution in [3.8, 4) is 22.9 Å². The quantitative estimate of drug-likeness (QED) is 0.445. The highest BCUT2D eigenvalue weighted by Crippen LogP contribution is 2.35. The molecule has 5 heterocycles. The number of ether oxygens (including phenoxy) is 2. The third kappa shape index (κ3) is 4.20. The van der Waals surface area contributed by atoms with Gasteiger partial charge in [-0.3, -0.25) is 9.67 Å². The lowest BCUT2D eigenvalue weighted by atomic mass is 10.1. The highest BCUT2D eigenvalue weighted by Gasteiger charge is 2.20. The lowest BCUT2D eigenvalue weighted by Gasteiger charge is -2.15. The summed E-state index contributed by atoms with van der Waals surface area (Å²) in [5.41, 5.74) is 6.18. The van der Waals surface area contributed by atoms with Gasteiger partial charge >= 0.3 is 0 Å². The van der Waals surface area contributed by atoms with E-state index in [9.17, 15) is 0 Å². The lowest BCUT2D eigenvalue weighted by Crippen LogP contribution is -2.09. The van der Waals surface area contributed by atoms with Gasteiger partial charge in [0.15, 0.2) is 0 Å². The summed E-state index contributed by atoms with van der Waals surface area (Å²) in [6, 6.07) is 10.0. The number of nitrogens with zero attached hydrogens (tertiary/aromatic N) is 5. The van der Waals surface area contributed by atoms with Crippen LogP contribution in [0.1, 0.15) is 44.1 Å². The number of aryl methyl sites for hydroxylation is 1. The molecular formula is C25H28N6O2. The van der Waals surface area contributed by atoms with E-state index in [0.29, 0.717) is 25.6 Å². The summed E-state index contributed by atoms with van der Waals surface area (Å²) in [6.07, 6.45) is 5.28. The number of fused-ring (bicyclic) bond motifs is 7. The Morgan fingerprint density at radius 2 is 1.82 bits per heavy atom. The summed E-state index contributed by atoms with van der Waals surface area (Å²) in [4.78, 5) is 14.0. The van der Waals surface area contributed by atoms with Crippen molar-refractivity contribution in [3.63, 3.8) is 0 Å². The van der Waals surface area contributed by atoms with Gasteiger partial charge in [0.1, 0.15) is 22.5 Å². The van der Waals surface area contributed by atoms with Crippen LogP contribution in [0.25, 0.3) is 22.3 Å². The Labute approximate surface area is 193 Å². The molecule has 0 saturated heterocycles. The smallest absolute Gasteiger partial charge is 0.222 e. The molecule has 8 nitrogen and oxygen atoms in total. The zero-order valence-electron chi connectivity index (χ0n) is 19.2. The molecule has 0 aliphatic carbocycles. The van der Waals surface area contributed by atoms with Gasteiger partial charge in [0, 0.05) is 18.4 Å². The Kier molecular flexibility index (Phi) is 5.81. The van der Waals surface area contributed by atoms with Crippen LogP contribution >= 0.6 is 0 Å². The van der Waals surface area contributed by atoms with Crippen LogP contribution in [-0.2, 0) is 6.54 Å². The van der Waals surface area contributed by atoms with E-state index in [-0.39, 0.29) is 6.04 Å². The second-order valence-corrected chi connectivity index (χ2v) is 8.44. The molecule has 0 atom stereocenters. The maximum atomic E-state index is 6.06. The third-order valence-electron chi connectivity index (χ3n) is 5.69. The minimum Gasteiger partial charge on any atom is -0.492 e. The Morgan fingerprint density at radius 1 is 1.03 bits per heavy atom. The van der Waals surface area contributed by atoms with Gasteiger partial charge in [-0.05, 0) is 63.9 Å². The maximum Gasteiger partial charge on any atom is 0.222 e. The number of pyridine rings is 3. The summed E-state index contributed by atoms with van der Waals surface area (Å²) < 4.78 is 14.1. The molecule has 0 amide bonds. The molecule has 0 spiro atoms. The van der Waals surface area contributed by atoms with E-state index in [0.717, 1.165) is 58.0 Å². The fraction of sp³-hybridized carbons (Fsp3) is 0.360. The molecule has 1 N–H and O–H groups in total. The molecule has 0 aromatic carbocycles. The second kappa shape index (κ2) is 9.05. The summed E-state index contributed by atoms with van der Waals surface area (Å²) >= 11 is 0. The van der Waals surface area contributed by atoms with Crippen LogP contribution in [0.4, 0.5) is 5.69 Å². The molecule has 0 unspecified atom stereocenters. The van der Waals surface area contributed by atoms with Gasteiger partial charge in [0.05, 0.1) is 42.4 Å². The van der Waals surface area contributed by atoms with Gasteiger partial charge in [-0.1, -0.05) is 0 Å². The predicted molar refractivity (Wildman–Crippen MR) is 128 cm³/mol. The first kappa shape index (κ1) is 21.2. The average Bonchev–Trinajstić information content (AvgIpc) is 3.17. The number of aromatic nitrogens is 5. The van der Waals surface area contributed by atoms with Crippen LogP contribution in [0.3, 0.4) is 0 Å². The number of hydrogen-bond donors (Lipinski definition) is 1. The average molecular weight is 445 g/mol. The van der Waals surface area contributed by atoms with Gasteiger partial charge in [0.2, 0.25) is 5.88 Å². The molecule has 0 fully saturated rings. The fourth-order valence-corrected chi connectivity index (χ4v) is 4.05. The van der Waals surface area contributed by atoms with Crippen molar-refractivity contribution in [2.75, 3.05) is 18.5 Å². The molecule has 2 bridgehead atoms. The maximum absolute atomic E-state index is 6.06. The van der Waals surface area contributed by atoms with Gasteiger partial charge in [-0.2, -0.15) is 5.10 Å². The van der Waals surface area contributed by atoms with E-state index < -0.39 is 0 Å². The van der Waals surface area contributed by atoms with Crippen LogP contribution in [0.2, 0.25) is 0 Å². The number of hydrogen-bond acceptors (Lipinski definition) is 7. The van der Waals surface area contributed by atoms with Crippen molar-refractivity contribution in [1.82, 2.24) is 24.7 Å². The van der Waals surface area contributed by atoms with E-state index in [1.165, 1.54) is 0 Å². The first-order chi connectivity index (χ1) is 16.1. The molecule has 8 heteroatoms. The minimum absolute atomic E-state index is 0.189. The van der Waals surface area contributed by atoms with E-state index in [1.54, 1.807) is 12.4 Å². The third-order valence-corrected chi connectivity index (χ3v) is 5.69. The van der Waals surface area contributed by atoms with E-state index in [4.69, 9.17) is 19.6 Å². The highest BCUT2D eigenvalue weighted by atomic mass is 16.5. The number of rotatable bonds is 1. The fourth-order valence-electron chi connectivity index (χ4n) is 4.05. The van der Waals surface area contributed by atoms with Crippen molar-refractivity contribution in [3.05, 3.63) is 54.1 Å². The van der Waals surface area contributed by atoms with Crippen LogP contribution in [-0.4, -0.2) is 37.9 Å². The first-order valence-electron chi connectivity index (χ1n) is 11.4. The van der Waals surface area contributed by atoms with Gasteiger partial charge in [0.25, 0.3) is 0 Å². The highest BCUT2D eigenvalue weighted by molar-refractivity contribution is 5.93. The molecule has 1 aliphatic rings.